The van der Waals surface area contributed by atoms with Crippen LogP contribution in [0.3, 0.4) is 0 Å². The summed E-state index contributed by atoms with van der Waals surface area (Å²) >= 11 is 14.5. The summed E-state index contributed by atoms with van der Waals surface area (Å²) in [6.45, 7) is 2.09. The normalized spacial score (nSPS) is 12.5. The molecule has 0 spiro atoms. The second-order valence-electron chi connectivity index (χ2n) is 4.51. The molecule has 0 saturated carbocycles. The van der Waals surface area contributed by atoms with Crippen LogP contribution in [-0.4, -0.2) is 7.05 Å². The molecule has 0 heterocycles. The fourth-order valence-corrected chi connectivity index (χ4v) is 4.00. The van der Waals surface area contributed by atoms with E-state index < -0.39 is 0 Å². The Labute approximate surface area is 153 Å². The molecule has 0 saturated heterocycles. The van der Waals surface area contributed by atoms with E-state index in [1.165, 1.54) is 16.7 Å². The van der Waals surface area contributed by atoms with Crippen LogP contribution in [0.25, 0.3) is 0 Å². The van der Waals surface area contributed by atoms with Crippen molar-refractivity contribution in [2.45, 2.75) is 13.0 Å². The van der Waals surface area contributed by atoms with Gasteiger partial charge in [-0.2, -0.15) is 0 Å². The number of aryl methyl sites for hydroxylation is 1. The Morgan fingerprint density at radius 1 is 0.850 bits per heavy atom. The Morgan fingerprint density at radius 2 is 1.50 bits per heavy atom. The molecule has 2 aromatic rings. The molecular formula is C15H13Br4N. The van der Waals surface area contributed by atoms with E-state index in [1.807, 2.05) is 13.1 Å². The Hall–Kier alpha value is 0.320. The molecule has 2 rings (SSSR count). The molecule has 2 aromatic carbocycles. The van der Waals surface area contributed by atoms with E-state index in [0.29, 0.717) is 0 Å². The average molecular weight is 527 g/mol. The van der Waals surface area contributed by atoms with Crippen molar-refractivity contribution in [3.63, 3.8) is 0 Å². The fourth-order valence-electron chi connectivity index (χ4n) is 2.10. The van der Waals surface area contributed by atoms with Crippen LogP contribution in [0.4, 0.5) is 0 Å². The molecule has 0 bridgehead atoms. The maximum absolute atomic E-state index is 3.68. The van der Waals surface area contributed by atoms with Gasteiger partial charge in [0, 0.05) is 17.9 Å². The van der Waals surface area contributed by atoms with Crippen LogP contribution in [0.5, 0.6) is 0 Å². The van der Waals surface area contributed by atoms with Crippen molar-refractivity contribution in [2.75, 3.05) is 7.05 Å². The second-order valence-corrected chi connectivity index (χ2v) is 7.99. The largest absolute Gasteiger partial charge is 0.309 e. The number of hydrogen-bond acceptors (Lipinski definition) is 1. The van der Waals surface area contributed by atoms with E-state index in [2.05, 4.69) is 100 Å². The highest BCUT2D eigenvalue weighted by Crippen LogP contribution is 2.36. The fraction of sp³-hybridized carbons (Fsp3) is 0.200. The van der Waals surface area contributed by atoms with Crippen molar-refractivity contribution in [3.05, 3.63) is 64.9 Å². The molecule has 20 heavy (non-hydrogen) atoms. The summed E-state index contributed by atoms with van der Waals surface area (Å²) < 4.78 is 4.37. The van der Waals surface area contributed by atoms with Gasteiger partial charge in [0.1, 0.15) is 0 Å². The van der Waals surface area contributed by atoms with Crippen LogP contribution in [0.2, 0.25) is 0 Å². The molecular weight excluding hydrogens is 514 g/mol. The first-order chi connectivity index (χ1) is 9.43. The highest BCUT2D eigenvalue weighted by Gasteiger charge is 2.19. The van der Waals surface area contributed by atoms with Crippen molar-refractivity contribution in [1.29, 1.82) is 0 Å². The molecule has 1 atom stereocenters. The van der Waals surface area contributed by atoms with Crippen molar-refractivity contribution in [3.8, 4) is 0 Å². The number of rotatable bonds is 3. The van der Waals surface area contributed by atoms with Gasteiger partial charge in [0.25, 0.3) is 0 Å². The van der Waals surface area contributed by atoms with Gasteiger partial charge in [-0.15, -0.1) is 0 Å². The Morgan fingerprint density at radius 3 is 2.15 bits per heavy atom. The number of benzene rings is 2. The molecule has 0 fully saturated rings. The molecule has 1 N–H and O–H groups in total. The highest BCUT2D eigenvalue weighted by atomic mass is 79.9. The minimum Gasteiger partial charge on any atom is -0.309 e. The topological polar surface area (TPSA) is 12.0 Å². The summed E-state index contributed by atoms with van der Waals surface area (Å²) in [6, 6.07) is 10.6. The first kappa shape index (κ1) is 16.7. The highest BCUT2D eigenvalue weighted by molar-refractivity contribution is 9.11. The summed E-state index contributed by atoms with van der Waals surface area (Å²) in [6.07, 6.45) is 0. The summed E-state index contributed by atoms with van der Waals surface area (Å²) in [5.74, 6) is 0. The van der Waals surface area contributed by atoms with E-state index in [0.717, 1.165) is 17.9 Å². The molecule has 0 aromatic heterocycles. The molecule has 0 aliphatic rings. The standard InChI is InChI=1S/C15H13Br4N/c1-8-5-14(19)11(7-13(8)18)15(20-2)10-6-9(16)3-4-12(10)17/h3-7,15,20H,1-2H3. The van der Waals surface area contributed by atoms with Crippen LogP contribution < -0.4 is 5.32 Å². The minimum atomic E-state index is 0.105. The van der Waals surface area contributed by atoms with Gasteiger partial charge >= 0.3 is 0 Å². The lowest BCUT2D eigenvalue weighted by Crippen LogP contribution is -2.19. The zero-order valence-corrected chi connectivity index (χ0v) is 17.3. The number of nitrogens with one attached hydrogen (secondary N) is 1. The van der Waals surface area contributed by atoms with Gasteiger partial charge < -0.3 is 5.32 Å². The first-order valence-corrected chi connectivity index (χ1v) is 9.19. The third-order valence-corrected chi connectivity index (χ3v) is 5.90. The minimum absolute atomic E-state index is 0.105. The van der Waals surface area contributed by atoms with E-state index in [9.17, 15) is 0 Å². The predicted octanol–water partition coefficient (Wildman–Crippen LogP) is 6.35. The van der Waals surface area contributed by atoms with Gasteiger partial charge in [0.05, 0.1) is 6.04 Å². The van der Waals surface area contributed by atoms with Crippen LogP contribution in [0.1, 0.15) is 22.7 Å². The van der Waals surface area contributed by atoms with Gasteiger partial charge in [0.2, 0.25) is 0 Å². The van der Waals surface area contributed by atoms with Crippen molar-refractivity contribution in [1.82, 2.24) is 5.32 Å². The second kappa shape index (κ2) is 7.05. The van der Waals surface area contributed by atoms with Gasteiger partial charge in [0.15, 0.2) is 0 Å². The van der Waals surface area contributed by atoms with E-state index >= 15 is 0 Å². The summed E-state index contributed by atoms with van der Waals surface area (Å²) in [5, 5.41) is 3.39. The summed E-state index contributed by atoms with van der Waals surface area (Å²) in [7, 11) is 1.97. The third-order valence-electron chi connectivity index (χ3n) is 3.15. The lowest BCUT2D eigenvalue weighted by Gasteiger charge is -2.21. The Kier molecular flexibility index (Phi) is 5.88. The van der Waals surface area contributed by atoms with Gasteiger partial charge in [-0.25, -0.2) is 0 Å². The lowest BCUT2D eigenvalue weighted by atomic mass is 9.98. The quantitative estimate of drug-likeness (QED) is 0.491. The predicted molar refractivity (Wildman–Crippen MR) is 99.3 cm³/mol. The molecule has 5 heteroatoms. The third kappa shape index (κ3) is 3.55. The first-order valence-electron chi connectivity index (χ1n) is 6.01. The molecule has 0 aliphatic carbocycles. The van der Waals surface area contributed by atoms with E-state index in [4.69, 9.17) is 0 Å². The average Bonchev–Trinajstić information content (AvgIpc) is 2.40. The molecule has 0 aliphatic heterocycles. The summed E-state index contributed by atoms with van der Waals surface area (Å²) in [5.41, 5.74) is 3.60. The zero-order valence-electron chi connectivity index (χ0n) is 11.0. The number of halogens is 4. The van der Waals surface area contributed by atoms with Crippen molar-refractivity contribution < 1.29 is 0 Å². The van der Waals surface area contributed by atoms with Gasteiger partial charge in [-0.05, 0) is 61.0 Å². The van der Waals surface area contributed by atoms with Crippen LogP contribution in [0.15, 0.2) is 48.2 Å². The molecule has 0 radical (unpaired) electrons. The van der Waals surface area contributed by atoms with Crippen LogP contribution >= 0.6 is 63.7 Å². The Bertz CT molecular complexity index is 640. The smallest absolute Gasteiger partial charge is 0.0597 e. The molecule has 1 unspecified atom stereocenters. The maximum atomic E-state index is 3.68. The Balaban J connectivity index is 2.58. The molecule has 0 amide bonds. The van der Waals surface area contributed by atoms with Crippen molar-refractivity contribution >= 4 is 63.7 Å². The maximum Gasteiger partial charge on any atom is 0.0597 e. The number of hydrogen-bond donors (Lipinski definition) is 1. The van der Waals surface area contributed by atoms with E-state index in [1.54, 1.807) is 0 Å². The monoisotopic (exact) mass is 523 g/mol. The van der Waals surface area contributed by atoms with Gasteiger partial charge in [-0.1, -0.05) is 63.7 Å². The van der Waals surface area contributed by atoms with Crippen molar-refractivity contribution in [2.24, 2.45) is 0 Å². The van der Waals surface area contributed by atoms with Crippen LogP contribution in [-0.2, 0) is 0 Å². The summed E-state index contributed by atoms with van der Waals surface area (Å²) in [4.78, 5) is 0. The zero-order chi connectivity index (χ0) is 14.9. The van der Waals surface area contributed by atoms with E-state index in [-0.39, 0.29) is 6.04 Å². The molecule has 1 nitrogen and oxygen atoms in total. The SMILES string of the molecule is CNC(c1cc(Br)ccc1Br)c1cc(Br)c(C)cc1Br. The van der Waals surface area contributed by atoms with Crippen LogP contribution in [0, 0.1) is 6.92 Å². The molecule has 106 valence electrons. The lowest BCUT2D eigenvalue weighted by molar-refractivity contribution is 0.685. The van der Waals surface area contributed by atoms with Gasteiger partial charge in [-0.3, -0.25) is 0 Å².